The van der Waals surface area contributed by atoms with Crippen LogP contribution in [0.4, 0.5) is 5.69 Å². The molecule has 2 heterocycles. The van der Waals surface area contributed by atoms with Crippen molar-refractivity contribution in [2.45, 2.75) is 32.9 Å². The average molecular weight is 419 g/mol. The van der Waals surface area contributed by atoms with Gasteiger partial charge < -0.3 is 14.2 Å². The van der Waals surface area contributed by atoms with Crippen LogP contribution in [0.15, 0.2) is 39.7 Å². The number of hydrogen-bond donors (Lipinski definition) is 0. The minimum Gasteiger partial charge on any atom is -0.479 e. The lowest BCUT2D eigenvalue weighted by atomic mass is 10.0. The second-order valence-corrected chi connectivity index (χ2v) is 7.35. The Morgan fingerprint density at radius 1 is 1.27 bits per heavy atom. The van der Waals surface area contributed by atoms with Gasteiger partial charge in [-0.2, -0.15) is 0 Å². The Morgan fingerprint density at radius 2 is 1.96 bits per heavy atom. The van der Waals surface area contributed by atoms with Crippen molar-refractivity contribution in [2.24, 2.45) is 0 Å². The molecule has 0 aliphatic carbocycles. The molecule has 1 aliphatic heterocycles. The van der Waals surface area contributed by atoms with Crippen LogP contribution in [0.1, 0.15) is 35.8 Å². The molecule has 1 aliphatic rings. The van der Waals surface area contributed by atoms with E-state index in [1.54, 1.807) is 58.3 Å². The Bertz CT molecular complexity index is 966. The van der Waals surface area contributed by atoms with Crippen LogP contribution in [0, 0.1) is 6.92 Å². The van der Waals surface area contributed by atoms with Gasteiger partial charge in [0.25, 0.3) is 11.5 Å². The number of amides is 1. The molecule has 1 aromatic heterocycles. The van der Waals surface area contributed by atoms with E-state index in [0.29, 0.717) is 22.6 Å². The Kier molecular flexibility index (Phi) is 4.75. The van der Waals surface area contributed by atoms with E-state index < -0.39 is 12.1 Å². The summed E-state index contributed by atoms with van der Waals surface area (Å²) >= 11 is 3.36. The second-order valence-electron chi connectivity index (χ2n) is 6.43. The molecule has 2 atom stereocenters. The number of benzene rings is 1. The highest BCUT2D eigenvalue weighted by Gasteiger charge is 2.30. The number of ether oxygens (including phenoxy) is 1. The number of nitrogens with zero attached hydrogens (tertiary/aromatic N) is 2. The van der Waals surface area contributed by atoms with Gasteiger partial charge in [0.05, 0.1) is 11.7 Å². The van der Waals surface area contributed by atoms with E-state index >= 15 is 0 Å². The van der Waals surface area contributed by atoms with Gasteiger partial charge in [-0.25, -0.2) is 0 Å². The van der Waals surface area contributed by atoms with Crippen molar-refractivity contribution in [3.63, 3.8) is 0 Å². The molecule has 0 fully saturated rings. The van der Waals surface area contributed by atoms with E-state index in [-0.39, 0.29) is 17.2 Å². The lowest BCUT2D eigenvalue weighted by molar-refractivity contribution is -0.125. The van der Waals surface area contributed by atoms with Crippen LogP contribution in [-0.4, -0.2) is 29.4 Å². The monoisotopic (exact) mass is 418 g/mol. The lowest BCUT2D eigenvalue weighted by Crippen LogP contribution is -2.42. The Balaban J connectivity index is 1.99. The van der Waals surface area contributed by atoms with Gasteiger partial charge in [0.15, 0.2) is 11.9 Å². The van der Waals surface area contributed by atoms with Crippen molar-refractivity contribution in [2.75, 3.05) is 11.9 Å². The zero-order chi connectivity index (χ0) is 19.2. The van der Waals surface area contributed by atoms with Crippen molar-refractivity contribution in [1.82, 2.24) is 4.57 Å². The molecule has 6 nitrogen and oxygen atoms in total. The van der Waals surface area contributed by atoms with Crippen LogP contribution in [0.2, 0.25) is 0 Å². The number of fused-ring (bicyclic) bond motifs is 1. The first-order chi connectivity index (χ1) is 12.2. The maximum Gasteiger partial charge on any atom is 0.267 e. The number of Topliss-reactive ketones (excluding diaryl/α,β-unsaturated/α-hetero) is 1. The van der Waals surface area contributed by atoms with Crippen molar-refractivity contribution in [3.8, 4) is 5.75 Å². The smallest absolute Gasteiger partial charge is 0.267 e. The minimum atomic E-state index is -0.679. The second kappa shape index (κ2) is 6.72. The van der Waals surface area contributed by atoms with Crippen LogP contribution in [0.5, 0.6) is 5.75 Å². The third kappa shape index (κ3) is 3.07. The molecule has 136 valence electrons. The predicted molar refractivity (Wildman–Crippen MR) is 102 cm³/mol. The van der Waals surface area contributed by atoms with Gasteiger partial charge in [0.2, 0.25) is 0 Å². The number of carbonyl (C=O) groups excluding carboxylic acids is 2. The molecule has 2 aromatic rings. The number of hydrogen-bond acceptors (Lipinski definition) is 4. The summed E-state index contributed by atoms with van der Waals surface area (Å²) in [7, 11) is 1.65. The maximum atomic E-state index is 12.9. The van der Waals surface area contributed by atoms with Gasteiger partial charge in [-0.15, -0.1) is 0 Å². The molecule has 1 amide bonds. The molecule has 0 saturated carbocycles. The average Bonchev–Trinajstić information content (AvgIpc) is 2.61. The highest BCUT2D eigenvalue weighted by atomic mass is 79.9. The van der Waals surface area contributed by atoms with Crippen molar-refractivity contribution >= 4 is 33.3 Å². The van der Waals surface area contributed by atoms with Crippen LogP contribution < -0.4 is 15.2 Å². The minimum absolute atomic E-state index is 0.172. The van der Waals surface area contributed by atoms with Crippen molar-refractivity contribution in [3.05, 3.63) is 56.4 Å². The number of pyridine rings is 1. The zero-order valence-electron chi connectivity index (χ0n) is 14.9. The van der Waals surface area contributed by atoms with Crippen molar-refractivity contribution < 1.29 is 14.3 Å². The fourth-order valence-corrected chi connectivity index (χ4v) is 3.58. The highest BCUT2D eigenvalue weighted by Crippen LogP contribution is 2.34. The van der Waals surface area contributed by atoms with E-state index in [1.807, 2.05) is 0 Å². The van der Waals surface area contributed by atoms with Crippen LogP contribution in [0.25, 0.3) is 0 Å². The molecule has 0 N–H and O–H groups in total. The summed E-state index contributed by atoms with van der Waals surface area (Å²) in [6, 6.07) is 6.01. The number of halogens is 1. The standard InChI is InChI=1S/C19H19BrN2O4/c1-10-7-14(20)9-22(18(10)24)11(2)17(23)13-5-6-16-15(8-13)21(4)19(25)12(3)26-16/h5-9,11-12H,1-4H3. The molecule has 0 spiro atoms. The third-order valence-corrected chi connectivity index (χ3v) is 5.01. The third-order valence-electron chi connectivity index (χ3n) is 4.57. The largest absolute Gasteiger partial charge is 0.479 e. The molecule has 7 heteroatoms. The topological polar surface area (TPSA) is 68.6 Å². The summed E-state index contributed by atoms with van der Waals surface area (Å²) in [5, 5.41) is 0. The number of rotatable bonds is 3. The van der Waals surface area contributed by atoms with Crippen LogP contribution in [0.3, 0.4) is 0 Å². The van der Waals surface area contributed by atoms with E-state index in [2.05, 4.69) is 15.9 Å². The first kappa shape index (κ1) is 18.4. The summed E-state index contributed by atoms with van der Waals surface area (Å²) in [5.41, 5.74) is 1.30. The molecule has 2 unspecified atom stereocenters. The molecular weight excluding hydrogens is 400 g/mol. The zero-order valence-corrected chi connectivity index (χ0v) is 16.5. The van der Waals surface area contributed by atoms with Gasteiger partial charge in [-0.3, -0.25) is 14.4 Å². The quantitative estimate of drug-likeness (QED) is 0.718. The summed E-state index contributed by atoms with van der Waals surface area (Å²) in [6.45, 7) is 5.08. The SMILES string of the molecule is Cc1cc(Br)cn(C(C)C(=O)c2ccc3c(c2)N(C)C(=O)C(C)O3)c1=O. The van der Waals surface area contributed by atoms with Crippen LogP contribution >= 0.6 is 15.9 Å². The van der Waals surface area contributed by atoms with Gasteiger partial charge in [0.1, 0.15) is 5.75 Å². The number of aromatic nitrogens is 1. The number of carbonyl (C=O) groups is 2. The highest BCUT2D eigenvalue weighted by molar-refractivity contribution is 9.10. The molecule has 3 rings (SSSR count). The number of likely N-dealkylation sites (N-methyl/N-ethyl adjacent to an activating group) is 1. The molecule has 26 heavy (non-hydrogen) atoms. The maximum absolute atomic E-state index is 12.9. The first-order valence-corrected chi connectivity index (χ1v) is 9.00. The van der Waals surface area contributed by atoms with Gasteiger partial charge >= 0.3 is 0 Å². The Morgan fingerprint density at radius 3 is 2.65 bits per heavy atom. The van der Waals surface area contributed by atoms with Gasteiger partial charge in [-0.1, -0.05) is 0 Å². The normalized spacial score (nSPS) is 17.5. The summed E-state index contributed by atoms with van der Waals surface area (Å²) in [4.78, 5) is 38.9. The first-order valence-electron chi connectivity index (χ1n) is 8.21. The molecule has 0 bridgehead atoms. The molecular formula is C19H19BrN2O4. The van der Waals surface area contributed by atoms with E-state index in [0.717, 1.165) is 4.47 Å². The fraction of sp³-hybridized carbons (Fsp3) is 0.316. The number of anilines is 1. The van der Waals surface area contributed by atoms with Crippen molar-refractivity contribution in [1.29, 1.82) is 0 Å². The van der Waals surface area contributed by atoms with E-state index in [1.165, 1.54) is 9.47 Å². The Labute approximate surface area is 159 Å². The number of ketones is 1. The Hall–Kier alpha value is -2.41. The molecule has 1 aromatic carbocycles. The molecule has 0 saturated heterocycles. The predicted octanol–water partition coefficient (Wildman–Crippen LogP) is 3.11. The fourth-order valence-electron chi connectivity index (χ4n) is 3.02. The van der Waals surface area contributed by atoms with Crippen LogP contribution in [-0.2, 0) is 4.79 Å². The molecule has 0 radical (unpaired) electrons. The summed E-state index contributed by atoms with van der Waals surface area (Å²) in [5.74, 6) is 0.167. The van der Waals surface area contributed by atoms with Gasteiger partial charge in [0, 0.05) is 28.8 Å². The number of aryl methyl sites for hydroxylation is 1. The van der Waals surface area contributed by atoms with Gasteiger partial charge in [-0.05, 0) is 61.0 Å². The summed E-state index contributed by atoms with van der Waals surface area (Å²) in [6.07, 6.45) is 1.05. The lowest BCUT2D eigenvalue weighted by Gasteiger charge is -2.30. The van der Waals surface area contributed by atoms with E-state index in [4.69, 9.17) is 4.74 Å². The summed E-state index contributed by atoms with van der Waals surface area (Å²) < 4.78 is 7.72. The van der Waals surface area contributed by atoms with E-state index in [9.17, 15) is 14.4 Å².